The molecule has 1 rings (SSSR count). The molecule has 0 aromatic heterocycles. The molecule has 6 nitrogen and oxygen atoms in total. The first-order valence-electron chi connectivity index (χ1n) is 6.41. The Morgan fingerprint density at radius 2 is 1.68 bits per heavy atom. The highest BCUT2D eigenvalue weighted by atomic mass is 16.4. The number of amides is 2. The first kappa shape index (κ1) is 17.3. The number of unbranched alkanes of at least 4 members (excludes halogenated alkanes) is 3. The molecule has 0 aliphatic carbocycles. The van der Waals surface area contributed by atoms with Crippen molar-refractivity contribution in [2.24, 2.45) is 5.73 Å². The van der Waals surface area contributed by atoms with Crippen LogP contribution in [0.2, 0.25) is 0 Å². The predicted molar refractivity (Wildman–Crippen MR) is 71.3 cm³/mol. The van der Waals surface area contributed by atoms with Crippen LogP contribution in [0, 0.1) is 0 Å². The van der Waals surface area contributed by atoms with Crippen LogP contribution in [0.4, 0.5) is 0 Å². The monoisotopic (exact) mass is 270 g/mol. The van der Waals surface area contributed by atoms with Gasteiger partial charge in [-0.05, 0) is 19.4 Å². The molecule has 2 amide bonds. The summed E-state index contributed by atoms with van der Waals surface area (Å²) in [5.41, 5.74) is 5.36. The highest BCUT2D eigenvalue weighted by Crippen LogP contribution is 2.12. The average Bonchev–Trinajstić information content (AvgIpc) is 2.70. The molecule has 0 spiro atoms. The number of carbonyl (C=O) groups is 3. The minimum absolute atomic E-state index is 0.00572. The Balaban J connectivity index is 0.000000555. The average molecular weight is 270 g/mol. The number of hydrogen-bond acceptors (Lipinski definition) is 4. The number of imide groups is 1. The Morgan fingerprint density at radius 1 is 1.21 bits per heavy atom. The van der Waals surface area contributed by atoms with Crippen LogP contribution in [0.25, 0.3) is 0 Å². The quantitative estimate of drug-likeness (QED) is 0.407. The number of nitrogens with two attached hydrogens (primary N) is 1. The van der Waals surface area contributed by atoms with Crippen LogP contribution in [-0.4, -0.2) is 40.9 Å². The first-order valence-corrected chi connectivity index (χ1v) is 6.41. The topological polar surface area (TPSA) is 101 Å². The lowest BCUT2D eigenvalue weighted by Crippen LogP contribution is -2.29. The van der Waals surface area contributed by atoms with E-state index in [9.17, 15) is 14.4 Å². The van der Waals surface area contributed by atoms with E-state index < -0.39 is 5.97 Å². The Bertz CT molecular complexity index is 313. The van der Waals surface area contributed by atoms with E-state index in [1.54, 1.807) is 0 Å². The van der Waals surface area contributed by atoms with Crippen LogP contribution in [0.15, 0.2) is 12.7 Å². The summed E-state index contributed by atoms with van der Waals surface area (Å²) in [6.45, 7) is 4.28. The molecule has 0 bridgehead atoms. The minimum Gasteiger partial charge on any atom is -0.478 e. The van der Waals surface area contributed by atoms with Crippen molar-refractivity contribution in [1.82, 2.24) is 4.90 Å². The summed E-state index contributed by atoms with van der Waals surface area (Å²) in [7, 11) is 0. The Morgan fingerprint density at radius 3 is 2.11 bits per heavy atom. The van der Waals surface area contributed by atoms with Crippen molar-refractivity contribution in [3.8, 4) is 0 Å². The van der Waals surface area contributed by atoms with Crippen LogP contribution >= 0.6 is 0 Å². The smallest absolute Gasteiger partial charge is 0.327 e. The largest absolute Gasteiger partial charge is 0.478 e. The third kappa shape index (κ3) is 8.10. The van der Waals surface area contributed by atoms with E-state index >= 15 is 0 Å². The molecular weight excluding hydrogens is 248 g/mol. The van der Waals surface area contributed by atoms with Gasteiger partial charge in [-0.2, -0.15) is 0 Å². The van der Waals surface area contributed by atoms with Gasteiger partial charge in [0.25, 0.3) is 0 Å². The number of aliphatic carboxylic acids is 1. The van der Waals surface area contributed by atoms with Crippen molar-refractivity contribution in [3.63, 3.8) is 0 Å². The van der Waals surface area contributed by atoms with Gasteiger partial charge in [-0.25, -0.2) is 4.79 Å². The van der Waals surface area contributed by atoms with Crippen LogP contribution in [0.3, 0.4) is 0 Å². The fourth-order valence-corrected chi connectivity index (χ4v) is 1.64. The molecule has 0 aromatic rings. The van der Waals surface area contributed by atoms with E-state index in [4.69, 9.17) is 10.8 Å². The summed E-state index contributed by atoms with van der Waals surface area (Å²) >= 11 is 0. The molecule has 19 heavy (non-hydrogen) atoms. The zero-order chi connectivity index (χ0) is 14.7. The van der Waals surface area contributed by atoms with Gasteiger partial charge >= 0.3 is 5.97 Å². The van der Waals surface area contributed by atoms with Crippen LogP contribution < -0.4 is 5.73 Å². The van der Waals surface area contributed by atoms with Gasteiger partial charge in [-0.15, -0.1) is 0 Å². The summed E-state index contributed by atoms with van der Waals surface area (Å²) in [5.74, 6) is -0.993. The van der Waals surface area contributed by atoms with Crippen molar-refractivity contribution < 1.29 is 19.5 Å². The fraction of sp³-hybridized carbons (Fsp3) is 0.615. The molecule has 6 heteroatoms. The van der Waals surface area contributed by atoms with E-state index in [0.29, 0.717) is 19.4 Å². The van der Waals surface area contributed by atoms with E-state index in [-0.39, 0.29) is 11.8 Å². The fourth-order valence-electron chi connectivity index (χ4n) is 1.64. The maximum Gasteiger partial charge on any atom is 0.327 e. The maximum atomic E-state index is 11.2. The molecule has 1 aliphatic heterocycles. The zero-order valence-corrected chi connectivity index (χ0v) is 11.1. The molecule has 0 aromatic carbocycles. The lowest BCUT2D eigenvalue weighted by atomic mass is 10.2. The summed E-state index contributed by atoms with van der Waals surface area (Å²) < 4.78 is 0. The molecule has 0 saturated carbocycles. The standard InChI is InChI=1S/C10H18N2O2.C3H4O2/c11-7-3-1-2-4-8-12-9(13)5-6-10(12)14;1-2-3(4)5/h1-8,11H2;2H,1H2,(H,4,5). The molecular formula is C13H22N2O4. The predicted octanol–water partition coefficient (Wildman–Crippen LogP) is 0.911. The van der Waals surface area contributed by atoms with Gasteiger partial charge in [-0.1, -0.05) is 19.4 Å². The van der Waals surface area contributed by atoms with Gasteiger partial charge in [0.2, 0.25) is 11.8 Å². The Kier molecular flexibility index (Phi) is 9.34. The number of carbonyl (C=O) groups excluding carboxylic acids is 2. The summed E-state index contributed by atoms with van der Waals surface area (Å²) in [4.78, 5) is 33.0. The Labute approximate surface area is 113 Å². The summed E-state index contributed by atoms with van der Waals surface area (Å²) in [5, 5.41) is 7.60. The number of carboxylic acids is 1. The highest BCUT2D eigenvalue weighted by Gasteiger charge is 2.27. The van der Waals surface area contributed by atoms with Gasteiger partial charge in [-0.3, -0.25) is 14.5 Å². The van der Waals surface area contributed by atoms with Crippen molar-refractivity contribution in [2.75, 3.05) is 13.1 Å². The van der Waals surface area contributed by atoms with E-state index in [0.717, 1.165) is 38.3 Å². The van der Waals surface area contributed by atoms with E-state index in [1.165, 1.54) is 4.90 Å². The second-order valence-electron chi connectivity index (χ2n) is 4.18. The van der Waals surface area contributed by atoms with Crippen molar-refractivity contribution in [1.29, 1.82) is 0 Å². The third-order valence-electron chi connectivity index (χ3n) is 2.67. The number of hydrogen-bond donors (Lipinski definition) is 2. The van der Waals surface area contributed by atoms with Crippen LogP contribution in [0.1, 0.15) is 38.5 Å². The van der Waals surface area contributed by atoms with Gasteiger partial charge in [0.05, 0.1) is 0 Å². The Hall–Kier alpha value is -1.69. The van der Waals surface area contributed by atoms with E-state index in [2.05, 4.69) is 6.58 Å². The van der Waals surface area contributed by atoms with E-state index in [1.807, 2.05) is 0 Å². The van der Waals surface area contributed by atoms with Gasteiger partial charge < -0.3 is 10.8 Å². The molecule has 0 atom stereocenters. The molecule has 1 aliphatic rings. The lowest BCUT2D eigenvalue weighted by Gasteiger charge is -2.12. The van der Waals surface area contributed by atoms with Gasteiger partial charge in [0.1, 0.15) is 0 Å². The lowest BCUT2D eigenvalue weighted by molar-refractivity contribution is -0.138. The van der Waals surface area contributed by atoms with Crippen molar-refractivity contribution in [2.45, 2.75) is 38.5 Å². The van der Waals surface area contributed by atoms with Crippen LogP contribution in [-0.2, 0) is 14.4 Å². The number of rotatable bonds is 7. The molecule has 0 radical (unpaired) electrons. The van der Waals surface area contributed by atoms with Crippen molar-refractivity contribution >= 4 is 17.8 Å². The second kappa shape index (κ2) is 10.3. The first-order chi connectivity index (χ1) is 9.02. The maximum absolute atomic E-state index is 11.2. The zero-order valence-electron chi connectivity index (χ0n) is 11.1. The van der Waals surface area contributed by atoms with Gasteiger partial charge in [0, 0.05) is 25.5 Å². The van der Waals surface area contributed by atoms with Crippen molar-refractivity contribution in [3.05, 3.63) is 12.7 Å². The van der Waals surface area contributed by atoms with Gasteiger partial charge in [0.15, 0.2) is 0 Å². The highest BCUT2D eigenvalue weighted by molar-refractivity contribution is 6.01. The molecule has 1 saturated heterocycles. The molecule has 108 valence electrons. The minimum atomic E-state index is -0.981. The number of carboxylic acid groups (broad SMARTS) is 1. The number of nitrogens with zero attached hydrogens (tertiary/aromatic N) is 1. The normalized spacial score (nSPS) is 14.1. The number of likely N-dealkylation sites (tertiary alicyclic amines) is 1. The molecule has 0 unspecified atom stereocenters. The SMILES string of the molecule is C=CC(=O)O.NCCCCCCN1C(=O)CCC1=O. The van der Waals surface area contributed by atoms with Crippen LogP contribution in [0.5, 0.6) is 0 Å². The molecule has 1 fully saturated rings. The summed E-state index contributed by atoms with van der Waals surface area (Å²) in [6.07, 6.45) is 5.73. The second-order valence-corrected chi connectivity index (χ2v) is 4.18. The molecule has 3 N–H and O–H groups in total. The summed E-state index contributed by atoms with van der Waals surface area (Å²) in [6, 6.07) is 0. The molecule has 1 heterocycles. The third-order valence-corrected chi connectivity index (χ3v) is 2.67.